The number of halogens is 3. The van der Waals surface area contributed by atoms with Gasteiger partial charge in [0.05, 0.1) is 0 Å². The molecule has 0 atom stereocenters. The van der Waals surface area contributed by atoms with Gasteiger partial charge >= 0.3 is 6.18 Å². The highest BCUT2D eigenvalue weighted by Gasteiger charge is 2.36. The molecule has 0 amide bonds. The summed E-state index contributed by atoms with van der Waals surface area (Å²) in [5, 5.41) is 3.27. The zero-order chi connectivity index (χ0) is 10.7. The average molecular weight is 211 g/mol. The van der Waals surface area contributed by atoms with Gasteiger partial charge in [0.2, 0.25) is 0 Å². The van der Waals surface area contributed by atoms with E-state index in [9.17, 15) is 13.2 Å². The highest BCUT2D eigenvalue weighted by atomic mass is 19.4. The van der Waals surface area contributed by atoms with Crippen molar-refractivity contribution in [1.82, 2.24) is 5.32 Å². The van der Waals surface area contributed by atoms with Crippen molar-refractivity contribution in [3.05, 3.63) is 0 Å². The Bertz CT molecular complexity index is 168. The molecule has 0 unspecified atom stereocenters. The quantitative estimate of drug-likeness (QED) is 0.679. The molecule has 14 heavy (non-hydrogen) atoms. The minimum Gasteiger partial charge on any atom is -0.372 e. The van der Waals surface area contributed by atoms with Crippen LogP contribution in [0.2, 0.25) is 0 Å². The smallest absolute Gasteiger partial charge is 0.372 e. The summed E-state index contributed by atoms with van der Waals surface area (Å²) in [6.45, 7) is 1.88. The molecule has 0 heterocycles. The van der Waals surface area contributed by atoms with Crippen LogP contribution in [-0.2, 0) is 4.74 Å². The van der Waals surface area contributed by atoms with Gasteiger partial charge in [0.15, 0.2) is 0 Å². The Kier molecular flexibility index (Phi) is 3.78. The van der Waals surface area contributed by atoms with Crippen molar-refractivity contribution in [2.75, 3.05) is 19.8 Å². The van der Waals surface area contributed by atoms with Gasteiger partial charge in [-0.3, -0.25) is 0 Å². The molecule has 0 aromatic carbocycles. The average Bonchev–Trinajstić information content (AvgIpc) is 2.75. The van der Waals surface area contributed by atoms with Crippen molar-refractivity contribution < 1.29 is 17.9 Å². The summed E-state index contributed by atoms with van der Waals surface area (Å²) in [6, 6.07) is 0. The number of rotatable bonds is 6. The van der Waals surface area contributed by atoms with Gasteiger partial charge in [0.25, 0.3) is 0 Å². The summed E-state index contributed by atoms with van der Waals surface area (Å²) < 4.78 is 39.3. The van der Waals surface area contributed by atoms with E-state index in [0.717, 1.165) is 19.4 Å². The number of alkyl halides is 3. The second-order valence-corrected chi connectivity index (χ2v) is 4.01. The molecule has 0 aliphatic heterocycles. The third kappa shape index (κ3) is 5.44. The van der Waals surface area contributed by atoms with E-state index in [0.29, 0.717) is 6.42 Å². The van der Waals surface area contributed by atoms with Crippen LogP contribution < -0.4 is 5.32 Å². The van der Waals surface area contributed by atoms with E-state index in [1.54, 1.807) is 0 Å². The highest BCUT2D eigenvalue weighted by Crippen LogP contribution is 2.33. The molecule has 1 fully saturated rings. The Labute approximate surface area is 81.8 Å². The van der Waals surface area contributed by atoms with E-state index in [-0.39, 0.29) is 12.1 Å². The standard InChI is InChI=1S/C9H16F3NO/c1-8(3-4-8)13-5-2-6-14-7-9(10,11)12/h13H,2-7H2,1H3. The van der Waals surface area contributed by atoms with Crippen LogP contribution in [0.5, 0.6) is 0 Å². The normalized spacial score (nSPS) is 19.7. The first kappa shape index (κ1) is 11.8. The van der Waals surface area contributed by atoms with Gasteiger partial charge in [-0.25, -0.2) is 0 Å². The van der Waals surface area contributed by atoms with Gasteiger partial charge in [-0.05, 0) is 32.7 Å². The first-order valence-electron chi connectivity index (χ1n) is 4.81. The van der Waals surface area contributed by atoms with E-state index in [2.05, 4.69) is 17.0 Å². The third-order valence-corrected chi connectivity index (χ3v) is 2.28. The van der Waals surface area contributed by atoms with Crippen LogP contribution in [0.4, 0.5) is 13.2 Å². The second-order valence-electron chi connectivity index (χ2n) is 4.01. The summed E-state index contributed by atoms with van der Waals surface area (Å²) in [5.41, 5.74) is 0.254. The first-order valence-corrected chi connectivity index (χ1v) is 4.81. The maximum Gasteiger partial charge on any atom is 0.411 e. The van der Waals surface area contributed by atoms with Crippen LogP contribution in [0.15, 0.2) is 0 Å². The molecule has 5 heteroatoms. The molecule has 1 saturated carbocycles. The van der Waals surface area contributed by atoms with E-state index in [4.69, 9.17) is 0 Å². The van der Waals surface area contributed by atoms with E-state index >= 15 is 0 Å². The molecule has 0 bridgehead atoms. The summed E-state index contributed by atoms with van der Waals surface area (Å²) in [6.07, 6.45) is -1.24. The topological polar surface area (TPSA) is 21.3 Å². The third-order valence-electron chi connectivity index (χ3n) is 2.28. The van der Waals surface area contributed by atoms with Crippen molar-refractivity contribution in [3.63, 3.8) is 0 Å². The molecule has 0 aromatic heterocycles. The fourth-order valence-corrected chi connectivity index (χ4v) is 1.12. The van der Waals surface area contributed by atoms with Crippen LogP contribution >= 0.6 is 0 Å². The number of hydrogen-bond donors (Lipinski definition) is 1. The largest absolute Gasteiger partial charge is 0.411 e. The van der Waals surface area contributed by atoms with Crippen LogP contribution in [0, 0.1) is 0 Å². The monoisotopic (exact) mass is 211 g/mol. The van der Waals surface area contributed by atoms with Crippen LogP contribution in [-0.4, -0.2) is 31.5 Å². The van der Waals surface area contributed by atoms with Gasteiger partial charge in [0.1, 0.15) is 6.61 Å². The molecule has 1 aliphatic carbocycles. The summed E-state index contributed by atoms with van der Waals surface area (Å²) >= 11 is 0. The summed E-state index contributed by atoms with van der Waals surface area (Å²) in [7, 11) is 0. The van der Waals surface area contributed by atoms with Gasteiger partial charge in [-0.1, -0.05) is 0 Å². The fourth-order valence-electron chi connectivity index (χ4n) is 1.12. The number of hydrogen-bond acceptors (Lipinski definition) is 2. The van der Waals surface area contributed by atoms with Crippen LogP contribution in [0.1, 0.15) is 26.2 Å². The van der Waals surface area contributed by atoms with E-state index < -0.39 is 12.8 Å². The molecular formula is C9H16F3NO. The first-order chi connectivity index (χ1) is 6.41. The number of nitrogens with one attached hydrogen (secondary N) is 1. The van der Waals surface area contributed by atoms with Gasteiger partial charge < -0.3 is 10.1 Å². The predicted molar refractivity (Wildman–Crippen MR) is 47.1 cm³/mol. The highest BCUT2D eigenvalue weighted by molar-refractivity contribution is 4.97. The SMILES string of the molecule is CC1(NCCCOCC(F)(F)F)CC1. The maximum atomic E-state index is 11.6. The van der Waals surface area contributed by atoms with E-state index in [1.807, 2.05) is 0 Å². The zero-order valence-electron chi connectivity index (χ0n) is 8.28. The van der Waals surface area contributed by atoms with Crippen molar-refractivity contribution >= 4 is 0 Å². The Balaban J connectivity index is 1.85. The second kappa shape index (κ2) is 4.49. The number of ether oxygens (including phenoxy) is 1. The molecular weight excluding hydrogens is 195 g/mol. The van der Waals surface area contributed by atoms with Gasteiger partial charge in [0, 0.05) is 12.1 Å². The van der Waals surface area contributed by atoms with Crippen molar-refractivity contribution in [2.45, 2.75) is 37.9 Å². The lowest BCUT2D eigenvalue weighted by atomic mass is 10.3. The van der Waals surface area contributed by atoms with Crippen LogP contribution in [0.3, 0.4) is 0 Å². The predicted octanol–water partition coefficient (Wildman–Crippen LogP) is 2.10. The Morgan fingerprint density at radius 1 is 1.36 bits per heavy atom. The van der Waals surface area contributed by atoms with E-state index in [1.165, 1.54) is 0 Å². The zero-order valence-corrected chi connectivity index (χ0v) is 8.28. The molecule has 0 spiro atoms. The Morgan fingerprint density at radius 2 is 2.00 bits per heavy atom. The van der Waals surface area contributed by atoms with Gasteiger partial charge in [-0.15, -0.1) is 0 Å². The molecule has 0 radical (unpaired) electrons. The minimum absolute atomic E-state index is 0.169. The van der Waals surface area contributed by atoms with Gasteiger partial charge in [-0.2, -0.15) is 13.2 Å². The minimum atomic E-state index is -4.20. The Hall–Kier alpha value is -0.290. The van der Waals surface area contributed by atoms with Crippen molar-refractivity contribution in [2.24, 2.45) is 0 Å². The lowest BCUT2D eigenvalue weighted by molar-refractivity contribution is -0.173. The molecule has 1 N–H and O–H groups in total. The maximum absolute atomic E-state index is 11.6. The Morgan fingerprint density at radius 3 is 2.50 bits per heavy atom. The molecule has 84 valence electrons. The fraction of sp³-hybridized carbons (Fsp3) is 1.00. The van der Waals surface area contributed by atoms with Crippen molar-refractivity contribution in [1.29, 1.82) is 0 Å². The van der Waals surface area contributed by atoms with Crippen molar-refractivity contribution in [3.8, 4) is 0 Å². The lowest BCUT2D eigenvalue weighted by Crippen LogP contribution is -2.29. The molecule has 1 rings (SSSR count). The summed E-state index contributed by atoms with van der Waals surface area (Å²) in [5.74, 6) is 0. The summed E-state index contributed by atoms with van der Waals surface area (Å²) in [4.78, 5) is 0. The lowest BCUT2D eigenvalue weighted by Gasteiger charge is -2.11. The van der Waals surface area contributed by atoms with Crippen LogP contribution in [0.25, 0.3) is 0 Å². The molecule has 2 nitrogen and oxygen atoms in total. The molecule has 1 aliphatic rings. The molecule has 0 saturated heterocycles. The molecule has 0 aromatic rings.